The lowest BCUT2D eigenvalue weighted by molar-refractivity contribution is 0.0710. The molecule has 0 aliphatic carbocycles. The van der Waals surface area contributed by atoms with Gasteiger partial charge in [-0.3, -0.25) is 0 Å². The number of aliphatic hydroxyl groups is 1. The van der Waals surface area contributed by atoms with Crippen molar-refractivity contribution in [3.8, 4) is 0 Å². The zero-order chi connectivity index (χ0) is 13.2. The lowest BCUT2D eigenvalue weighted by atomic mass is 9.99. The second-order valence-electron chi connectivity index (χ2n) is 5.44. The number of hydrogen-bond acceptors (Lipinski definition) is 4. The van der Waals surface area contributed by atoms with Crippen molar-refractivity contribution in [3.63, 3.8) is 0 Å². The molecule has 0 spiro atoms. The van der Waals surface area contributed by atoms with Gasteiger partial charge < -0.3 is 20.5 Å². The van der Waals surface area contributed by atoms with Crippen LogP contribution in [0.5, 0.6) is 0 Å². The summed E-state index contributed by atoms with van der Waals surface area (Å²) in [6.07, 6.45) is 4.42. The zero-order valence-corrected chi connectivity index (χ0v) is 12.0. The van der Waals surface area contributed by atoms with E-state index in [4.69, 9.17) is 9.84 Å². The first-order valence-electron chi connectivity index (χ1n) is 7.41. The summed E-state index contributed by atoms with van der Waals surface area (Å²) in [4.78, 5) is 0. The molecule has 4 nitrogen and oxygen atoms in total. The lowest BCUT2D eigenvalue weighted by Gasteiger charge is -2.27. The Bertz CT molecular complexity index is 190. The molecule has 0 aromatic rings. The van der Waals surface area contributed by atoms with Crippen LogP contribution in [0.1, 0.15) is 39.5 Å². The van der Waals surface area contributed by atoms with Gasteiger partial charge in [0.1, 0.15) is 0 Å². The minimum absolute atomic E-state index is 0.304. The molecule has 1 aliphatic heterocycles. The quantitative estimate of drug-likeness (QED) is 0.580. The third kappa shape index (κ3) is 6.69. The molecule has 0 aromatic carbocycles. The summed E-state index contributed by atoms with van der Waals surface area (Å²) in [6, 6.07) is 0.992. The van der Waals surface area contributed by atoms with E-state index in [0.717, 1.165) is 39.1 Å². The summed E-state index contributed by atoms with van der Waals surface area (Å²) in [5, 5.41) is 16.1. The standard InChI is InChI=1S/C14H30N2O2/c1-3-4-13(5-7-17)10-16-12(2)9-14-11-18-8-6-15-14/h12-17H,3-11H2,1-2H3. The van der Waals surface area contributed by atoms with E-state index in [2.05, 4.69) is 24.5 Å². The average Bonchev–Trinajstić information content (AvgIpc) is 2.38. The maximum Gasteiger partial charge on any atom is 0.0620 e. The lowest BCUT2D eigenvalue weighted by Crippen LogP contribution is -2.45. The first kappa shape index (κ1) is 15.9. The van der Waals surface area contributed by atoms with Crippen molar-refractivity contribution in [1.82, 2.24) is 10.6 Å². The van der Waals surface area contributed by atoms with E-state index in [-0.39, 0.29) is 0 Å². The van der Waals surface area contributed by atoms with Gasteiger partial charge in [-0.25, -0.2) is 0 Å². The maximum atomic E-state index is 9.04. The molecular formula is C14H30N2O2. The van der Waals surface area contributed by atoms with Crippen LogP contribution in [0.3, 0.4) is 0 Å². The van der Waals surface area contributed by atoms with Crippen LogP contribution in [0, 0.1) is 5.92 Å². The van der Waals surface area contributed by atoms with Crippen LogP contribution in [-0.2, 0) is 4.74 Å². The van der Waals surface area contributed by atoms with Crippen molar-refractivity contribution in [3.05, 3.63) is 0 Å². The molecule has 18 heavy (non-hydrogen) atoms. The Morgan fingerprint density at radius 3 is 2.89 bits per heavy atom. The van der Waals surface area contributed by atoms with Gasteiger partial charge in [0.05, 0.1) is 13.2 Å². The molecule has 3 atom stereocenters. The smallest absolute Gasteiger partial charge is 0.0620 e. The maximum absolute atomic E-state index is 9.04. The van der Waals surface area contributed by atoms with Crippen LogP contribution in [0.25, 0.3) is 0 Å². The molecule has 4 heteroatoms. The highest BCUT2D eigenvalue weighted by molar-refractivity contribution is 4.76. The molecule has 1 fully saturated rings. The number of aliphatic hydroxyl groups excluding tert-OH is 1. The van der Waals surface area contributed by atoms with Gasteiger partial charge in [-0.2, -0.15) is 0 Å². The largest absolute Gasteiger partial charge is 0.396 e. The summed E-state index contributed by atoms with van der Waals surface area (Å²) >= 11 is 0. The number of ether oxygens (including phenoxy) is 1. The second-order valence-corrected chi connectivity index (χ2v) is 5.44. The predicted molar refractivity (Wildman–Crippen MR) is 74.8 cm³/mol. The molecule has 0 bridgehead atoms. The summed E-state index contributed by atoms with van der Waals surface area (Å²) in [5.74, 6) is 0.609. The number of hydrogen-bond donors (Lipinski definition) is 3. The normalized spacial score (nSPS) is 23.8. The molecule has 0 radical (unpaired) electrons. The van der Waals surface area contributed by atoms with Crippen LogP contribution >= 0.6 is 0 Å². The fraction of sp³-hybridized carbons (Fsp3) is 1.00. The van der Waals surface area contributed by atoms with Crippen molar-refractivity contribution in [2.75, 3.05) is 32.9 Å². The van der Waals surface area contributed by atoms with E-state index in [1.807, 2.05) is 0 Å². The van der Waals surface area contributed by atoms with Crippen molar-refractivity contribution in [2.24, 2.45) is 5.92 Å². The first-order valence-corrected chi connectivity index (χ1v) is 7.41. The highest BCUT2D eigenvalue weighted by Crippen LogP contribution is 2.10. The molecule has 0 aromatic heterocycles. The second kappa shape index (κ2) is 9.73. The molecular weight excluding hydrogens is 228 g/mol. The van der Waals surface area contributed by atoms with Gasteiger partial charge in [0.25, 0.3) is 0 Å². The van der Waals surface area contributed by atoms with Crippen molar-refractivity contribution in [1.29, 1.82) is 0 Å². The molecule has 3 N–H and O–H groups in total. The minimum Gasteiger partial charge on any atom is -0.396 e. The molecule has 1 aliphatic rings. The number of nitrogens with one attached hydrogen (secondary N) is 2. The Balaban J connectivity index is 2.15. The van der Waals surface area contributed by atoms with E-state index in [0.29, 0.717) is 24.6 Å². The topological polar surface area (TPSA) is 53.5 Å². The molecule has 0 amide bonds. The van der Waals surface area contributed by atoms with Crippen LogP contribution in [0.15, 0.2) is 0 Å². The highest BCUT2D eigenvalue weighted by atomic mass is 16.5. The van der Waals surface area contributed by atoms with Gasteiger partial charge in [0.2, 0.25) is 0 Å². The summed E-state index contributed by atoms with van der Waals surface area (Å²) < 4.78 is 5.46. The minimum atomic E-state index is 0.304. The molecule has 1 heterocycles. The number of rotatable bonds is 9. The Hall–Kier alpha value is -0.160. The van der Waals surface area contributed by atoms with E-state index in [9.17, 15) is 0 Å². The summed E-state index contributed by atoms with van der Waals surface area (Å²) in [5.41, 5.74) is 0. The van der Waals surface area contributed by atoms with E-state index < -0.39 is 0 Å². The monoisotopic (exact) mass is 258 g/mol. The highest BCUT2D eigenvalue weighted by Gasteiger charge is 2.16. The third-order valence-electron chi connectivity index (χ3n) is 3.63. The molecule has 108 valence electrons. The average molecular weight is 258 g/mol. The fourth-order valence-corrected chi connectivity index (χ4v) is 2.59. The molecule has 0 saturated carbocycles. The Kier molecular flexibility index (Phi) is 8.59. The van der Waals surface area contributed by atoms with E-state index in [1.165, 1.54) is 12.8 Å². The molecule has 1 saturated heterocycles. The van der Waals surface area contributed by atoms with Gasteiger partial charge in [-0.1, -0.05) is 13.3 Å². The SMILES string of the molecule is CCCC(CCO)CNC(C)CC1COCCN1. The van der Waals surface area contributed by atoms with Gasteiger partial charge in [0, 0.05) is 25.2 Å². The van der Waals surface area contributed by atoms with Crippen molar-refractivity contribution >= 4 is 0 Å². The van der Waals surface area contributed by atoms with E-state index in [1.54, 1.807) is 0 Å². The van der Waals surface area contributed by atoms with Crippen LogP contribution in [0.4, 0.5) is 0 Å². The third-order valence-corrected chi connectivity index (χ3v) is 3.63. The molecule has 3 unspecified atom stereocenters. The Morgan fingerprint density at radius 1 is 1.44 bits per heavy atom. The number of morpholine rings is 1. The fourth-order valence-electron chi connectivity index (χ4n) is 2.59. The Labute approximate surface area is 111 Å². The zero-order valence-electron chi connectivity index (χ0n) is 12.0. The van der Waals surface area contributed by atoms with Crippen LogP contribution < -0.4 is 10.6 Å². The van der Waals surface area contributed by atoms with Gasteiger partial charge in [0.15, 0.2) is 0 Å². The van der Waals surface area contributed by atoms with Crippen LogP contribution in [0.2, 0.25) is 0 Å². The Morgan fingerprint density at radius 2 is 2.28 bits per heavy atom. The van der Waals surface area contributed by atoms with Crippen LogP contribution in [-0.4, -0.2) is 50.1 Å². The van der Waals surface area contributed by atoms with Gasteiger partial charge in [-0.15, -0.1) is 0 Å². The molecule has 1 rings (SSSR count). The van der Waals surface area contributed by atoms with Gasteiger partial charge >= 0.3 is 0 Å². The predicted octanol–water partition coefficient (Wildman–Crippen LogP) is 1.14. The van der Waals surface area contributed by atoms with E-state index >= 15 is 0 Å². The first-order chi connectivity index (χ1) is 8.76. The van der Waals surface area contributed by atoms with Gasteiger partial charge in [-0.05, 0) is 38.6 Å². The van der Waals surface area contributed by atoms with Crippen molar-refractivity contribution < 1.29 is 9.84 Å². The van der Waals surface area contributed by atoms with Crippen molar-refractivity contribution in [2.45, 2.75) is 51.6 Å². The summed E-state index contributed by atoms with van der Waals surface area (Å²) in [7, 11) is 0. The summed E-state index contributed by atoms with van der Waals surface area (Å²) in [6.45, 7) is 8.41.